The van der Waals surface area contributed by atoms with Gasteiger partial charge in [0.15, 0.2) is 0 Å². The lowest BCUT2D eigenvalue weighted by atomic mass is 10.3. The summed E-state index contributed by atoms with van der Waals surface area (Å²) >= 11 is 0. The maximum absolute atomic E-state index is 9.73. The summed E-state index contributed by atoms with van der Waals surface area (Å²) in [4.78, 5) is 0. The first-order valence-corrected chi connectivity index (χ1v) is 2.37. The molecule has 0 spiro atoms. The lowest BCUT2D eigenvalue weighted by Gasteiger charge is -1.91. The normalized spacial score (nSPS) is 9.43. The molecule has 0 aromatic rings. The van der Waals surface area contributed by atoms with Crippen molar-refractivity contribution < 1.29 is 9.84 Å². The molecule has 7 heavy (non-hydrogen) atoms. The van der Waals surface area contributed by atoms with Crippen molar-refractivity contribution in [2.24, 2.45) is 0 Å². The summed E-state index contributed by atoms with van der Waals surface area (Å²) in [5.41, 5.74) is 0. The minimum atomic E-state index is 0.00333. The highest BCUT2D eigenvalue weighted by Crippen LogP contribution is 1.85. The highest BCUT2D eigenvalue weighted by atomic mass is 16.5. The average Bonchev–Trinajstić information content (AvgIpc) is 1.69. The zero-order valence-electron chi connectivity index (χ0n) is 4.35. The second kappa shape index (κ2) is 5.92. The van der Waals surface area contributed by atoms with Gasteiger partial charge in [0.05, 0.1) is 13.7 Å². The van der Waals surface area contributed by atoms with Gasteiger partial charge in [0.25, 0.3) is 0 Å². The van der Waals surface area contributed by atoms with Crippen LogP contribution in [0.2, 0.25) is 0 Å². The van der Waals surface area contributed by atoms with Crippen molar-refractivity contribution in [3.05, 3.63) is 7.11 Å². The Balaban J connectivity index is 2.45. The van der Waals surface area contributed by atoms with Gasteiger partial charge in [-0.2, -0.15) is 0 Å². The molecule has 0 saturated heterocycles. The van der Waals surface area contributed by atoms with Crippen molar-refractivity contribution in [1.29, 1.82) is 0 Å². The average molecular weight is 102 g/mol. The molecule has 2 nitrogen and oxygen atoms in total. The molecule has 0 amide bonds. The number of hydrogen-bond donors (Lipinski definition) is 0. The fourth-order valence-electron chi connectivity index (χ4n) is 0.306. The second-order valence-electron chi connectivity index (χ2n) is 1.32. The van der Waals surface area contributed by atoms with E-state index in [1.54, 1.807) is 0 Å². The van der Waals surface area contributed by atoms with E-state index >= 15 is 0 Å². The van der Waals surface area contributed by atoms with E-state index in [4.69, 9.17) is 0 Å². The fraction of sp³-hybridized carbons (Fsp3) is 0.800. The van der Waals surface area contributed by atoms with Gasteiger partial charge in [0.2, 0.25) is 0 Å². The Kier molecular flexibility index (Phi) is 5.85. The van der Waals surface area contributed by atoms with Gasteiger partial charge >= 0.3 is 0 Å². The summed E-state index contributed by atoms with van der Waals surface area (Å²) in [5.74, 6) is 0. The molecule has 42 valence electrons. The maximum atomic E-state index is 9.73. The van der Waals surface area contributed by atoms with E-state index in [1.165, 1.54) is 0 Å². The van der Waals surface area contributed by atoms with Crippen LogP contribution in [0.25, 0.3) is 0 Å². The summed E-state index contributed by atoms with van der Waals surface area (Å²) in [5, 5.41) is 9.73. The van der Waals surface area contributed by atoms with Crippen molar-refractivity contribution in [3.63, 3.8) is 0 Å². The van der Waals surface area contributed by atoms with Crippen LogP contribution in [0.4, 0.5) is 0 Å². The van der Waals surface area contributed by atoms with Gasteiger partial charge < -0.3 is 4.74 Å². The standard InChI is InChI=1S/C5H10O2/c1-7-5-3-2-4-6/h1-5H2. The molecule has 2 heteroatoms. The van der Waals surface area contributed by atoms with Gasteiger partial charge in [-0.3, -0.25) is 0 Å². The summed E-state index contributed by atoms with van der Waals surface area (Å²) in [7, 11) is 3.16. The summed E-state index contributed by atoms with van der Waals surface area (Å²) in [6.45, 7) is 0.617. The third-order valence-corrected chi connectivity index (χ3v) is 0.683. The zero-order chi connectivity index (χ0) is 5.54. The van der Waals surface area contributed by atoms with Crippen molar-refractivity contribution >= 4 is 0 Å². The third kappa shape index (κ3) is 5.92. The largest absolute Gasteiger partial charge is 0.379 e. The highest BCUT2D eigenvalue weighted by molar-refractivity contribution is 4.33. The minimum Gasteiger partial charge on any atom is -0.379 e. The number of ether oxygens (including phenoxy) is 1. The first kappa shape index (κ1) is 6.92. The van der Waals surface area contributed by atoms with Crippen LogP contribution in [0.15, 0.2) is 0 Å². The molecular weight excluding hydrogens is 92.1 g/mol. The Hall–Kier alpha value is -0.0800. The molecule has 0 N–H and O–H groups in total. The summed E-state index contributed by atoms with van der Waals surface area (Å²) < 4.78 is 4.46. The maximum Gasteiger partial charge on any atom is 0.0823 e. The highest BCUT2D eigenvalue weighted by Gasteiger charge is 1.82. The van der Waals surface area contributed by atoms with Crippen LogP contribution >= 0.6 is 0 Å². The van der Waals surface area contributed by atoms with E-state index in [1.807, 2.05) is 0 Å². The van der Waals surface area contributed by atoms with Crippen LogP contribution < -0.4 is 0 Å². The number of unbranched alkanes of at least 4 members (excludes halogenated alkanes) is 1. The molecule has 2 radical (unpaired) electrons. The second-order valence-corrected chi connectivity index (χ2v) is 1.32. The molecule has 0 rings (SSSR count). The molecule has 0 aliphatic carbocycles. The van der Waals surface area contributed by atoms with E-state index in [-0.39, 0.29) is 6.61 Å². The Bertz CT molecular complexity index is 25.3. The van der Waals surface area contributed by atoms with E-state index in [9.17, 15) is 5.11 Å². The van der Waals surface area contributed by atoms with Crippen molar-refractivity contribution in [1.82, 2.24) is 0 Å². The van der Waals surface area contributed by atoms with Crippen LogP contribution in [-0.2, 0) is 9.84 Å². The molecule has 0 fully saturated rings. The summed E-state index contributed by atoms with van der Waals surface area (Å²) in [6.07, 6.45) is 1.54. The predicted molar refractivity (Wildman–Crippen MR) is 26.1 cm³/mol. The molecule has 0 heterocycles. The Morgan fingerprint density at radius 1 is 1.43 bits per heavy atom. The lowest BCUT2D eigenvalue weighted by Crippen LogP contribution is -1.87. The van der Waals surface area contributed by atoms with E-state index in [0.717, 1.165) is 6.42 Å². The van der Waals surface area contributed by atoms with Crippen LogP contribution in [0.1, 0.15) is 12.8 Å². The van der Waals surface area contributed by atoms with Crippen LogP contribution in [0, 0.1) is 7.11 Å². The zero-order valence-corrected chi connectivity index (χ0v) is 4.35. The first-order valence-electron chi connectivity index (χ1n) is 2.37. The molecule has 0 saturated carbocycles. The Morgan fingerprint density at radius 2 is 2.14 bits per heavy atom. The lowest BCUT2D eigenvalue weighted by molar-refractivity contribution is 0.168. The molecule has 0 aliphatic rings. The number of rotatable bonds is 4. The van der Waals surface area contributed by atoms with Crippen LogP contribution in [0.5, 0.6) is 0 Å². The Morgan fingerprint density at radius 3 is 2.57 bits per heavy atom. The van der Waals surface area contributed by atoms with E-state index < -0.39 is 0 Å². The molecular formula is C5H10O2. The van der Waals surface area contributed by atoms with Crippen LogP contribution in [0.3, 0.4) is 0 Å². The monoisotopic (exact) mass is 102 g/mol. The quantitative estimate of drug-likeness (QED) is 0.487. The molecule has 0 aromatic carbocycles. The van der Waals surface area contributed by atoms with Gasteiger partial charge in [-0.1, -0.05) is 0 Å². The Labute approximate surface area is 44.1 Å². The van der Waals surface area contributed by atoms with Crippen LogP contribution in [-0.4, -0.2) is 13.2 Å². The van der Waals surface area contributed by atoms with Gasteiger partial charge in [-0.25, -0.2) is 5.11 Å². The molecule has 0 atom stereocenters. The summed E-state index contributed by atoms with van der Waals surface area (Å²) in [6, 6.07) is 0. The van der Waals surface area contributed by atoms with E-state index in [0.29, 0.717) is 13.0 Å². The van der Waals surface area contributed by atoms with Crippen molar-refractivity contribution in [3.8, 4) is 0 Å². The van der Waals surface area contributed by atoms with Gasteiger partial charge in [-0.15, -0.1) is 0 Å². The molecule has 0 aromatic heterocycles. The van der Waals surface area contributed by atoms with Gasteiger partial charge in [0, 0.05) is 6.61 Å². The van der Waals surface area contributed by atoms with E-state index in [2.05, 4.69) is 11.8 Å². The smallest absolute Gasteiger partial charge is 0.0823 e. The fourth-order valence-corrected chi connectivity index (χ4v) is 0.306. The minimum absolute atomic E-state index is 0.00333. The topological polar surface area (TPSA) is 29.1 Å². The SMILES string of the molecule is [CH2]OCCCC[O]. The van der Waals surface area contributed by atoms with Gasteiger partial charge in [0.1, 0.15) is 0 Å². The predicted octanol–water partition coefficient (Wildman–Crippen LogP) is 1.01. The molecule has 0 bridgehead atoms. The van der Waals surface area contributed by atoms with Crippen molar-refractivity contribution in [2.75, 3.05) is 13.2 Å². The number of hydrogen-bond acceptors (Lipinski definition) is 1. The molecule has 0 unspecified atom stereocenters. The molecule has 0 aliphatic heterocycles. The van der Waals surface area contributed by atoms with Gasteiger partial charge in [-0.05, 0) is 12.8 Å². The van der Waals surface area contributed by atoms with Crippen molar-refractivity contribution in [2.45, 2.75) is 12.8 Å². The first-order chi connectivity index (χ1) is 3.41. The third-order valence-electron chi connectivity index (χ3n) is 0.683.